The van der Waals surface area contributed by atoms with Crippen molar-refractivity contribution in [1.29, 1.82) is 0 Å². The van der Waals surface area contributed by atoms with Crippen molar-refractivity contribution in [1.82, 2.24) is 5.32 Å². The number of furan rings is 1. The van der Waals surface area contributed by atoms with Gasteiger partial charge in [-0.25, -0.2) is 4.39 Å². The van der Waals surface area contributed by atoms with Crippen LogP contribution in [0.4, 0.5) is 4.39 Å². The van der Waals surface area contributed by atoms with Crippen LogP contribution in [0.1, 0.15) is 43.9 Å². The molecule has 0 bridgehead atoms. The molecule has 1 heterocycles. The Morgan fingerprint density at radius 1 is 1.21 bits per heavy atom. The molecule has 0 saturated heterocycles. The maximum atomic E-state index is 14.3. The van der Waals surface area contributed by atoms with Gasteiger partial charge in [-0.05, 0) is 49.9 Å². The smallest absolute Gasteiger partial charge is 0.217 e. The molecular weight excluding hydrogens is 373 g/mol. The van der Waals surface area contributed by atoms with Gasteiger partial charge >= 0.3 is 0 Å². The van der Waals surface area contributed by atoms with Gasteiger partial charge in [-0.3, -0.25) is 4.79 Å². The van der Waals surface area contributed by atoms with Gasteiger partial charge in [0.1, 0.15) is 29.5 Å². The van der Waals surface area contributed by atoms with E-state index in [4.69, 9.17) is 13.9 Å². The molecule has 1 aliphatic rings. The molecule has 29 heavy (non-hydrogen) atoms. The van der Waals surface area contributed by atoms with Gasteiger partial charge in [0.2, 0.25) is 5.91 Å². The standard InChI is InChI=1S/C23H24FNO4/c1-14(25-15(2)26)21-13-29-23-10-19(7-8-20(21)23)28-12-17-5-6-18(9-22(17)24)27-11-16-3-4-16/h5-10,13-14,16H,3-4,11-12H2,1-2H3,(H,25,26). The second kappa shape index (κ2) is 8.15. The number of nitrogens with one attached hydrogen (secondary N) is 1. The molecule has 0 spiro atoms. The van der Waals surface area contributed by atoms with E-state index in [0.29, 0.717) is 35.2 Å². The summed E-state index contributed by atoms with van der Waals surface area (Å²) in [4.78, 5) is 11.3. The fraction of sp³-hybridized carbons (Fsp3) is 0.348. The van der Waals surface area contributed by atoms with Crippen LogP contribution >= 0.6 is 0 Å². The van der Waals surface area contributed by atoms with E-state index in [9.17, 15) is 9.18 Å². The third-order valence-corrected chi connectivity index (χ3v) is 5.06. The summed E-state index contributed by atoms with van der Waals surface area (Å²) in [6.07, 6.45) is 4.03. The summed E-state index contributed by atoms with van der Waals surface area (Å²) < 4.78 is 31.3. The minimum atomic E-state index is -0.344. The molecule has 0 aliphatic heterocycles. The number of halogens is 1. The molecule has 1 aromatic heterocycles. The topological polar surface area (TPSA) is 60.7 Å². The molecule has 1 fully saturated rings. The van der Waals surface area contributed by atoms with Gasteiger partial charge in [0.15, 0.2) is 0 Å². The highest BCUT2D eigenvalue weighted by Crippen LogP contribution is 2.31. The summed E-state index contributed by atoms with van der Waals surface area (Å²) in [7, 11) is 0. The summed E-state index contributed by atoms with van der Waals surface area (Å²) in [5.74, 6) is 1.32. The number of carbonyl (C=O) groups is 1. The normalized spacial score (nSPS) is 14.6. The van der Waals surface area contributed by atoms with Crippen LogP contribution in [0, 0.1) is 11.7 Å². The zero-order valence-corrected chi connectivity index (χ0v) is 16.5. The number of amides is 1. The van der Waals surface area contributed by atoms with Crippen LogP contribution in [0.2, 0.25) is 0 Å². The molecule has 1 unspecified atom stereocenters. The molecule has 2 aromatic carbocycles. The van der Waals surface area contributed by atoms with Gasteiger partial charge in [0.05, 0.1) is 18.9 Å². The summed E-state index contributed by atoms with van der Waals surface area (Å²) in [6.45, 7) is 4.14. The summed E-state index contributed by atoms with van der Waals surface area (Å²) in [5.41, 5.74) is 2.01. The number of ether oxygens (including phenoxy) is 2. The quantitative estimate of drug-likeness (QED) is 0.572. The van der Waals surface area contributed by atoms with E-state index in [0.717, 1.165) is 10.9 Å². The molecule has 3 aromatic rings. The SMILES string of the molecule is CC(=O)NC(C)c1coc2cc(OCc3ccc(OCC4CC4)cc3F)ccc12. The highest BCUT2D eigenvalue weighted by Gasteiger charge is 2.22. The monoisotopic (exact) mass is 397 g/mol. The average Bonchev–Trinajstić information content (AvgIpc) is 3.42. The van der Waals surface area contributed by atoms with Crippen LogP contribution in [0.3, 0.4) is 0 Å². The molecule has 1 N–H and O–H groups in total. The Hall–Kier alpha value is -3.02. The van der Waals surface area contributed by atoms with Crippen LogP contribution < -0.4 is 14.8 Å². The van der Waals surface area contributed by atoms with Crippen LogP contribution in [0.15, 0.2) is 47.1 Å². The highest BCUT2D eigenvalue weighted by molar-refractivity contribution is 5.83. The first-order valence-electron chi connectivity index (χ1n) is 9.82. The number of carbonyl (C=O) groups excluding carboxylic acids is 1. The molecule has 1 saturated carbocycles. The predicted molar refractivity (Wildman–Crippen MR) is 107 cm³/mol. The zero-order chi connectivity index (χ0) is 20.4. The van der Waals surface area contributed by atoms with Crippen molar-refractivity contribution in [3.8, 4) is 11.5 Å². The predicted octanol–water partition coefficient (Wildman–Crippen LogP) is 5.14. The van der Waals surface area contributed by atoms with Crippen molar-refractivity contribution < 1.29 is 23.1 Å². The Bertz CT molecular complexity index is 1020. The van der Waals surface area contributed by atoms with Crippen molar-refractivity contribution in [2.24, 2.45) is 5.92 Å². The fourth-order valence-corrected chi connectivity index (χ4v) is 3.23. The molecule has 152 valence electrons. The largest absolute Gasteiger partial charge is 0.493 e. The Balaban J connectivity index is 1.41. The lowest BCUT2D eigenvalue weighted by Gasteiger charge is -2.11. The Labute approximate surface area is 168 Å². The number of benzene rings is 2. The first-order valence-corrected chi connectivity index (χ1v) is 9.82. The van der Waals surface area contributed by atoms with Crippen molar-refractivity contribution in [2.45, 2.75) is 39.3 Å². The Kier molecular flexibility index (Phi) is 5.43. The van der Waals surface area contributed by atoms with Crippen molar-refractivity contribution in [3.63, 3.8) is 0 Å². The van der Waals surface area contributed by atoms with Gasteiger partial charge in [0.25, 0.3) is 0 Å². The van der Waals surface area contributed by atoms with Gasteiger partial charge in [-0.15, -0.1) is 0 Å². The lowest BCUT2D eigenvalue weighted by atomic mass is 10.1. The number of hydrogen-bond acceptors (Lipinski definition) is 4. The van der Waals surface area contributed by atoms with Gasteiger partial charge in [-0.1, -0.05) is 0 Å². The number of hydrogen-bond donors (Lipinski definition) is 1. The first-order chi connectivity index (χ1) is 14.0. The van der Waals surface area contributed by atoms with Gasteiger partial charge in [-0.2, -0.15) is 0 Å². The van der Waals surface area contributed by atoms with Crippen LogP contribution in [0.25, 0.3) is 11.0 Å². The van der Waals surface area contributed by atoms with Crippen LogP contribution in [-0.4, -0.2) is 12.5 Å². The maximum Gasteiger partial charge on any atom is 0.217 e. The molecule has 4 rings (SSSR count). The van der Waals surface area contributed by atoms with Crippen molar-refractivity contribution in [3.05, 3.63) is 59.6 Å². The van der Waals surface area contributed by atoms with E-state index in [1.165, 1.54) is 25.8 Å². The van der Waals surface area contributed by atoms with E-state index >= 15 is 0 Å². The molecule has 6 heteroatoms. The molecule has 1 amide bonds. The zero-order valence-electron chi connectivity index (χ0n) is 16.5. The number of fused-ring (bicyclic) bond motifs is 1. The third kappa shape index (κ3) is 4.70. The van der Waals surface area contributed by atoms with Crippen LogP contribution in [-0.2, 0) is 11.4 Å². The summed E-state index contributed by atoms with van der Waals surface area (Å²) in [5, 5.41) is 3.75. The fourth-order valence-electron chi connectivity index (χ4n) is 3.23. The minimum Gasteiger partial charge on any atom is -0.493 e. The second-order valence-corrected chi connectivity index (χ2v) is 7.57. The third-order valence-electron chi connectivity index (χ3n) is 5.06. The first kappa shape index (κ1) is 19.3. The second-order valence-electron chi connectivity index (χ2n) is 7.57. The van der Waals surface area contributed by atoms with Crippen molar-refractivity contribution >= 4 is 16.9 Å². The number of rotatable bonds is 8. The molecule has 1 aliphatic carbocycles. The van der Waals surface area contributed by atoms with Gasteiger partial charge in [0, 0.05) is 35.6 Å². The summed E-state index contributed by atoms with van der Waals surface area (Å²) >= 11 is 0. The van der Waals surface area contributed by atoms with E-state index in [1.807, 2.05) is 19.1 Å². The lowest BCUT2D eigenvalue weighted by Crippen LogP contribution is -2.23. The van der Waals surface area contributed by atoms with E-state index < -0.39 is 0 Å². The van der Waals surface area contributed by atoms with E-state index in [1.54, 1.807) is 24.5 Å². The molecule has 0 radical (unpaired) electrons. The maximum absolute atomic E-state index is 14.3. The Morgan fingerprint density at radius 2 is 1.97 bits per heavy atom. The lowest BCUT2D eigenvalue weighted by molar-refractivity contribution is -0.119. The van der Waals surface area contributed by atoms with E-state index in [-0.39, 0.29) is 24.4 Å². The summed E-state index contributed by atoms with van der Waals surface area (Å²) in [6, 6.07) is 10.2. The molecule has 1 atom stereocenters. The Morgan fingerprint density at radius 3 is 2.69 bits per heavy atom. The van der Waals surface area contributed by atoms with Gasteiger partial charge < -0.3 is 19.2 Å². The molecule has 5 nitrogen and oxygen atoms in total. The van der Waals surface area contributed by atoms with Crippen molar-refractivity contribution in [2.75, 3.05) is 6.61 Å². The minimum absolute atomic E-state index is 0.0993. The average molecular weight is 397 g/mol. The van der Waals surface area contributed by atoms with Crippen LogP contribution in [0.5, 0.6) is 11.5 Å². The molecular formula is C23H24FNO4. The van der Waals surface area contributed by atoms with E-state index in [2.05, 4.69) is 5.32 Å². The highest BCUT2D eigenvalue weighted by atomic mass is 19.1.